The largest absolute Gasteiger partial charge is 0.508 e. The van der Waals surface area contributed by atoms with Gasteiger partial charge in [-0.2, -0.15) is 0 Å². The molecule has 0 aromatic heterocycles. The lowest BCUT2D eigenvalue weighted by Crippen LogP contribution is -2.60. The molecule has 20 N–H and O–H groups in total. The van der Waals surface area contributed by atoms with Gasteiger partial charge >= 0.3 is 5.97 Å². The van der Waals surface area contributed by atoms with E-state index < -0.39 is 226 Å². The summed E-state index contributed by atoms with van der Waals surface area (Å²) in [6.07, 6.45) is -17.4. The number of amides is 7. The number of aromatic hydroxyl groups is 3. The maximum atomic E-state index is 16.0. The van der Waals surface area contributed by atoms with Crippen LogP contribution in [0.15, 0.2) is 91.0 Å². The number of aliphatic hydroxyl groups excluding tert-OH is 5. The highest BCUT2D eigenvalue weighted by atomic mass is 16.7. The molecule has 7 amide bonds. The molecule has 11 bridgehead atoms. The number of aliphatic hydroxyl groups is 5. The van der Waals surface area contributed by atoms with Crippen molar-refractivity contribution >= 4 is 53.1 Å². The standard InChI is InChI=1S/C66H75N9O24/c1-25(2)16-36(69-5)58(86)74-49-51(81)27-6-11-32(12-7-27)95-40-18-30-19-41(56(40)99-65-54(84)53(83)52(82)42(24-76)97-65)96-33-13-8-28(9-14-33)55(98-44-23-66(4,68)57(85)26(3)94-44)50-63(91)73-48(64(92)93)35-20-31(77)21-39(79)45(35)34-17-29(10-15-38(34)78)46(60(88)75-50)72-61(89)47(30)71-59(87)37(22-43(67)80)70-62(49)90/h6-15,17-21,25-26,36-37,42,44,46-55,65,69,76-79,81-84H,16,22-24,68H2,1-5H3,(H2,67,80)(H,70,90)(H,71,87)(H,72,89)(H,73,91)(H,74,86)(H,75,88)(H,92,93)/t26-,36+,37?,42+,44?,46+,47+,48-,49+,50-,51+,52+,53-,54+,55+,65?,66-/m0/s1. The smallest absolute Gasteiger partial charge is 0.330 e. The van der Waals surface area contributed by atoms with Crippen molar-refractivity contribution in [2.24, 2.45) is 17.4 Å². The van der Waals surface area contributed by atoms with Crippen molar-refractivity contribution in [2.45, 2.75) is 150 Å². The molecule has 99 heavy (non-hydrogen) atoms. The number of carbonyl (C=O) groups is 9. The molecule has 7 aliphatic rings. The second-order valence-electron chi connectivity index (χ2n) is 25.2. The molecule has 7 aliphatic heterocycles. The number of benzene rings is 5. The molecule has 0 saturated carbocycles. The molecule has 17 atom stereocenters. The van der Waals surface area contributed by atoms with Crippen LogP contribution in [0.2, 0.25) is 0 Å². The summed E-state index contributed by atoms with van der Waals surface area (Å²) in [5, 5.41) is 119. The molecule has 33 nitrogen and oxygen atoms in total. The molecule has 2 fully saturated rings. The highest BCUT2D eigenvalue weighted by molar-refractivity contribution is 6.00. The van der Waals surface area contributed by atoms with Crippen molar-refractivity contribution < 1.29 is 118 Å². The first-order valence-corrected chi connectivity index (χ1v) is 31.3. The monoisotopic (exact) mass is 1380 g/mol. The zero-order chi connectivity index (χ0) is 71.8. The topological polar surface area (TPSA) is 527 Å². The second kappa shape index (κ2) is 29.2. The van der Waals surface area contributed by atoms with E-state index in [2.05, 4.69) is 37.2 Å². The number of phenolic OH excluding ortho intramolecular Hbond substituents is 3. The quantitative estimate of drug-likeness (QED) is 0.0673. The zero-order valence-electron chi connectivity index (χ0n) is 53.6. The van der Waals surface area contributed by atoms with E-state index in [1.807, 2.05) is 13.8 Å². The lowest BCUT2D eigenvalue weighted by Gasteiger charge is -2.40. The molecule has 5 aromatic carbocycles. The first-order chi connectivity index (χ1) is 46.8. The van der Waals surface area contributed by atoms with Gasteiger partial charge in [-0.25, -0.2) is 4.79 Å². The minimum atomic E-state index is -2.28. The molecule has 0 aliphatic carbocycles. The molecule has 7 heterocycles. The molecule has 5 aromatic rings. The summed E-state index contributed by atoms with van der Waals surface area (Å²) in [6.45, 7) is 5.51. The van der Waals surface area contributed by atoms with Gasteiger partial charge < -0.3 is 123 Å². The van der Waals surface area contributed by atoms with Gasteiger partial charge in [0, 0.05) is 29.2 Å². The van der Waals surface area contributed by atoms with Gasteiger partial charge in [-0.3, -0.25) is 38.4 Å². The fourth-order valence-electron chi connectivity index (χ4n) is 12.3. The van der Waals surface area contributed by atoms with Crippen LogP contribution in [0.5, 0.6) is 46.0 Å². The van der Waals surface area contributed by atoms with Crippen LogP contribution >= 0.6 is 0 Å². The first kappa shape index (κ1) is 71.7. The number of Topliss-reactive ketones (excluding diaryl/α,β-unsaturated/α-hetero) is 1. The van der Waals surface area contributed by atoms with Gasteiger partial charge in [-0.1, -0.05) is 44.2 Å². The lowest BCUT2D eigenvalue weighted by molar-refractivity contribution is -0.277. The summed E-state index contributed by atoms with van der Waals surface area (Å²) >= 11 is 0. The number of aliphatic carboxylic acids is 1. The Morgan fingerprint density at radius 3 is 1.91 bits per heavy atom. The maximum Gasteiger partial charge on any atom is 0.330 e. The van der Waals surface area contributed by atoms with Gasteiger partial charge in [0.15, 0.2) is 29.6 Å². The number of fused-ring (bicyclic) bond motifs is 15. The molecule has 12 rings (SSSR count). The summed E-state index contributed by atoms with van der Waals surface area (Å²) in [7, 11) is 1.49. The molecule has 0 spiro atoms. The molecule has 528 valence electrons. The van der Waals surface area contributed by atoms with Crippen LogP contribution in [0, 0.1) is 5.92 Å². The van der Waals surface area contributed by atoms with Crippen molar-refractivity contribution in [3.05, 3.63) is 119 Å². The van der Waals surface area contributed by atoms with Crippen molar-refractivity contribution in [3.63, 3.8) is 0 Å². The Labute approximate surface area is 563 Å². The summed E-state index contributed by atoms with van der Waals surface area (Å²) in [4.78, 5) is 131. The third kappa shape index (κ3) is 15.3. The van der Waals surface area contributed by atoms with Crippen molar-refractivity contribution in [1.82, 2.24) is 37.2 Å². The van der Waals surface area contributed by atoms with Crippen molar-refractivity contribution in [1.29, 1.82) is 0 Å². The van der Waals surface area contributed by atoms with Crippen LogP contribution in [-0.2, 0) is 57.4 Å². The predicted octanol–water partition coefficient (Wildman–Crippen LogP) is -0.992. The number of primary amides is 1. The third-order valence-corrected chi connectivity index (χ3v) is 17.4. The fraction of sp³-hybridized carbons (Fsp3) is 0.409. The number of nitrogens with two attached hydrogens (primary N) is 2. The van der Waals surface area contributed by atoms with E-state index in [1.54, 1.807) is 0 Å². The van der Waals surface area contributed by atoms with Crippen LogP contribution in [0.3, 0.4) is 0 Å². The van der Waals surface area contributed by atoms with E-state index in [1.165, 1.54) is 69.4 Å². The van der Waals surface area contributed by atoms with E-state index in [0.29, 0.717) is 0 Å². The summed E-state index contributed by atoms with van der Waals surface area (Å²) < 4.78 is 37.8. The van der Waals surface area contributed by atoms with Gasteiger partial charge in [0.2, 0.25) is 53.4 Å². The molecule has 3 unspecified atom stereocenters. The molecular formula is C66H75N9O24. The normalized spacial score (nSPS) is 29.0. The Morgan fingerprint density at radius 2 is 1.31 bits per heavy atom. The number of hydrogen-bond donors (Lipinski definition) is 18. The molecular weight excluding hydrogens is 1300 g/mol. The van der Waals surface area contributed by atoms with E-state index in [4.69, 9.17) is 39.9 Å². The Kier molecular flexibility index (Phi) is 21.1. The fourth-order valence-corrected chi connectivity index (χ4v) is 12.3. The van der Waals surface area contributed by atoms with Crippen LogP contribution in [-0.4, -0.2) is 186 Å². The Balaban J connectivity index is 1.24. The first-order valence-electron chi connectivity index (χ1n) is 31.3. The lowest BCUT2D eigenvalue weighted by atomic mass is 9.88. The molecule has 33 heteroatoms. The maximum absolute atomic E-state index is 16.0. The van der Waals surface area contributed by atoms with E-state index in [-0.39, 0.29) is 46.9 Å². The van der Waals surface area contributed by atoms with Gasteiger partial charge in [0.05, 0.1) is 24.6 Å². The van der Waals surface area contributed by atoms with Gasteiger partial charge in [-0.15, -0.1) is 0 Å². The van der Waals surface area contributed by atoms with Crippen molar-refractivity contribution in [3.8, 4) is 57.1 Å². The van der Waals surface area contributed by atoms with Gasteiger partial charge in [0.25, 0.3) is 0 Å². The number of carboxylic acid groups (broad SMARTS) is 1. The van der Waals surface area contributed by atoms with Gasteiger partial charge in [-0.05, 0) is 110 Å². The SMILES string of the molecule is CN[C@H](CC(C)C)C(=O)N[C@H]1C(=O)NC(CC(N)=O)C(=O)N[C@H]2C(=O)N[C@H]3C(=O)N[C@H](C(=O)N[C@H](C(=O)O)c4cc(O)cc(O)c4-c4cc3ccc4O)[C@H](OC3C[C@](C)(N)C(=O)[C@H](C)O3)c3ccc(cc3)Oc3cc2cc(c3OC2O[C@H](CO)[C@@H](O)[C@H](O)[C@H]2O)Oc2ccc(cc2)[C@H]1O. The number of ketones is 1. The predicted molar refractivity (Wildman–Crippen MR) is 338 cm³/mol. The summed E-state index contributed by atoms with van der Waals surface area (Å²) in [6, 6.07) is 3.35. The number of likely N-dealkylation sites (N-methyl/N-ethyl adjacent to an activating group) is 1. The number of carbonyl (C=O) groups excluding carboxylic acids is 8. The average Bonchev–Trinajstić information content (AvgIpc) is 0.770. The highest BCUT2D eigenvalue weighted by Gasteiger charge is 2.49. The second-order valence-corrected chi connectivity index (χ2v) is 25.2. The Morgan fingerprint density at radius 1 is 0.707 bits per heavy atom. The van der Waals surface area contributed by atoms with Crippen LogP contribution in [0.25, 0.3) is 11.1 Å². The van der Waals surface area contributed by atoms with Gasteiger partial charge in [0.1, 0.15) is 102 Å². The van der Waals surface area contributed by atoms with Crippen LogP contribution in [0.1, 0.15) is 105 Å². The number of nitrogens with one attached hydrogen (secondary N) is 7. The zero-order valence-corrected chi connectivity index (χ0v) is 53.6. The number of rotatable bonds is 13. The number of ether oxygens (including phenoxy) is 6. The molecule has 2 saturated heterocycles. The minimum Gasteiger partial charge on any atom is -0.508 e. The van der Waals surface area contributed by atoms with E-state index in [0.717, 1.165) is 42.5 Å². The van der Waals surface area contributed by atoms with Crippen LogP contribution < -0.4 is 62.9 Å². The summed E-state index contributed by atoms with van der Waals surface area (Å²) in [5.74, 6) is -15.4. The number of phenols is 3. The molecule has 0 radical (unpaired) electrons. The Bertz CT molecular complexity index is 3970. The third-order valence-electron chi connectivity index (χ3n) is 17.4. The number of carboxylic acids is 1. The van der Waals surface area contributed by atoms with E-state index in [9.17, 15) is 69.9 Å². The van der Waals surface area contributed by atoms with E-state index >= 15 is 19.2 Å². The number of hydrogen-bond acceptors (Lipinski definition) is 25. The van der Waals surface area contributed by atoms with Crippen LogP contribution in [0.4, 0.5) is 0 Å². The minimum absolute atomic E-state index is 0.0331. The highest BCUT2D eigenvalue weighted by Crippen LogP contribution is 2.48. The summed E-state index contributed by atoms with van der Waals surface area (Å²) in [5.41, 5.74) is 8.27. The average molecular weight is 1380 g/mol. The van der Waals surface area contributed by atoms with Crippen molar-refractivity contribution in [2.75, 3.05) is 13.7 Å². The Hall–Kier alpha value is -10.1.